The SMILES string of the molecule is CC(C)(C)C1CCC(O)(Cc2c(F)ccc(Br)c2F)CC1. The molecule has 0 spiro atoms. The van der Waals surface area contributed by atoms with E-state index in [1.807, 2.05) is 0 Å². The van der Waals surface area contributed by atoms with Gasteiger partial charge in [0.15, 0.2) is 0 Å². The van der Waals surface area contributed by atoms with Crippen LogP contribution in [0.4, 0.5) is 8.78 Å². The average Bonchev–Trinajstić information content (AvgIpc) is 2.39. The van der Waals surface area contributed by atoms with Crippen LogP contribution in [-0.4, -0.2) is 10.7 Å². The highest BCUT2D eigenvalue weighted by Crippen LogP contribution is 2.43. The van der Waals surface area contributed by atoms with E-state index in [1.54, 1.807) is 0 Å². The molecule has 0 aliphatic heterocycles. The van der Waals surface area contributed by atoms with Crippen LogP contribution >= 0.6 is 15.9 Å². The zero-order chi connectivity index (χ0) is 15.8. The maximum absolute atomic E-state index is 14.1. The largest absolute Gasteiger partial charge is 0.390 e. The maximum Gasteiger partial charge on any atom is 0.143 e. The van der Waals surface area contributed by atoms with Crippen molar-refractivity contribution in [3.8, 4) is 0 Å². The fourth-order valence-electron chi connectivity index (χ4n) is 3.26. The lowest BCUT2D eigenvalue weighted by atomic mass is 9.67. The van der Waals surface area contributed by atoms with Gasteiger partial charge in [-0.1, -0.05) is 20.8 Å². The van der Waals surface area contributed by atoms with E-state index >= 15 is 0 Å². The molecule has 4 heteroatoms. The summed E-state index contributed by atoms with van der Waals surface area (Å²) >= 11 is 3.08. The van der Waals surface area contributed by atoms with Crippen LogP contribution in [0.2, 0.25) is 0 Å². The summed E-state index contributed by atoms with van der Waals surface area (Å²) in [7, 11) is 0. The molecule has 0 unspecified atom stereocenters. The summed E-state index contributed by atoms with van der Waals surface area (Å²) in [6, 6.07) is 2.60. The molecular weight excluding hydrogens is 338 g/mol. The Labute approximate surface area is 133 Å². The van der Waals surface area contributed by atoms with Crippen LogP contribution in [0.5, 0.6) is 0 Å². The number of rotatable bonds is 2. The predicted octanol–water partition coefficient (Wildman–Crippen LogP) is 5.24. The van der Waals surface area contributed by atoms with Crippen molar-refractivity contribution in [2.24, 2.45) is 11.3 Å². The van der Waals surface area contributed by atoms with Crippen molar-refractivity contribution < 1.29 is 13.9 Å². The minimum absolute atomic E-state index is 0.0129. The molecule has 1 aromatic rings. The lowest BCUT2D eigenvalue weighted by Gasteiger charge is -2.41. The Hall–Kier alpha value is -0.480. The van der Waals surface area contributed by atoms with Gasteiger partial charge in [-0.25, -0.2) is 8.78 Å². The highest BCUT2D eigenvalue weighted by atomic mass is 79.9. The Morgan fingerprint density at radius 3 is 2.33 bits per heavy atom. The molecule has 1 aliphatic carbocycles. The summed E-state index contributed by atoms with van der Waals surface area (Å²) in [5.41, 5.74) is -0.793. The molecule has 2 rings (SSSR count). The fraction of sp³-hybridized carbons (Fsp3) is 0.647. The zero-order valence-electron chi connectivity index (χ0n) is 12.8. The molecule has 0 aromatic heterocycles. The second-order valence-electron chi connectivity index (χ2n) is 7.36. The topological polar surface area (TPSA) is 20.2 Å². The van der Waals surface area contributed by atoms with Crippen molar-refractivity contribution in [2.75, 3.05) is 0 Å². The van der Waals surface area contributed by atoms with E-state index in [2.05, 4.69) is 36.7 Å². The summed E-state index contributed by atoms with van der Waals surface area (Å²) < 4.78 is 28.1. The quantitative estimate of drug-likeness (QED) is 0.715. The molecule has 0 bridgehead atoms. The minimum Gasteiger partial charge on any atom is -0.390 e. The van der Waals surface area contributed by atoms with E-state index in [9.17, 15) is 13.9 Å². The summed E-state index contributed by atoms with van der Waals surface area (Å²) in [5, 5.41) is 10.7. The minimum atomic E-state index is -0.996. The van der Waals surface area contributed by atoms with Gasteiger partial charge in [0.05, 0.1) is 10.1 Å². The third kappa shape index (κ3) is 3.84. The Morgan fingerprint density at radius 1 is 1.24 bits per heavy atom. The number of aliphatic hydroxyl groups is 1. The second kappa shape index (κ2) is 5.96. The standard InChI is InChI=1S/C17H23BrF2O/c1-16(2,3)11-6-8-17(21,9-7-11)10-12-14(19)5-4-13(18)15(12)20/h4-5,11,21H,6-10H2,1-3H3. The fourth-order valence-corrected chi connectivity index (χ4v) is 3.63. The molecular formula is C17H23BrF2O. The van der Waals surface area contributed by atoms with Gasteiger partial charge in [0.2, 0.25) is 0 Å². The Balaban J connectivity index is 2.13. The predicted molar refractivity (Wildman–Crippen MR) is 84.1 cm³/mol. The van der Waals surface area contributed by atoms with Crippen LogP contribution < -0.4 is 0 Å². The molecule has 0 atom stereocenters. The molecule has 0 heterocycles. The molecule has 21 heavy (non-hydrogen) atoms. The molecule has 1 fully saturated rings. The molecule has 0 radical (unpaired) electrons. The van der Waals surface area contributed by atoms with Crippen molar-refractivity contribution in [3.63, 3.8) is 0 Å². The van der Waals surface area contributed by atoms with E-state index < -0.39 is 17.2 Å². The molecule has 0 saturated heterocycles. The number of benzene rings is 1. The first kappa shape index (κ1) is 16.9. The lowest BCUT2D eigenvalue weighted by molar-refractivity contribution is -0.0256. The highest BCUT2D eigenvalue weighted by molar-refractivity contribution is 9.10. The molecule has 1 saturated carbocycles. The van der Waals surface area contributed by atoms with Gasteiger partial charge in [-0.2, -0.15) is 0 Å². The number of hydrogen-bond acceptors (Lipinski definition) is 1. The van der Waals surface area contributed by atoms with Gasteiger partial charge >= 0.3 is 0 Å². The van der Waals surface area contributed by atoms with Crippen LogP contribution in [-0.2, 0) is 6.42 Å². The summed E-state index contributed by atoms with van der Waals surface area (Å²) in [6.07, 6.45) is 3.04. The van der Waals surface area contributed by atoms with Crippen molar-refractivity contribution in [1.29, 1.82) is 0 Å². The average molecular weight is 361 g/mol. The smallest absolute Gasteiger partial charge is 0.143 e. The number of hydrogen-bond donors (Lipinski definition) is 1. The van der Waals surface area contributed by atoms with E-state index in [-0.39, 0.29) is 21.9 Å². The van der Waals surface area contributed by atoms with E-state index in [4.69, 9.17) is 0 Å². The monoisotopic (exact) mass is 360 g/mol. The first-order valence-corrected chi connectivity index (χ1v) is 8.26. The highest BCUT2D eigenvalue weighted by Gasteiger charge is 2.38. The molecule has 118 valence electrons. The van der Waals surface area contributed by atoms with Crippen molar-refractivity contribution in [2.45, 2.75) is 58.5 Å². The van der Waals surface area contributed by atoms with Crippen LogP contribution in [0, 0.1) is 23.0 Å². The maximum atomic E-state index is 14.1. The first-order valence-electron chi connectivity index (χ1n) is 7.47. The van der Waals surface area contributed by atoms with Gasteiger partial charge in [-0.3, -0.25) is 0 Å². The second-order valence-corrected chi connectivity index (χ2v) is 8.22. The summed E-state index contributed by atoms with van der Waals surface area (Å²) in [4.78, 5) is 0. The Morgan fingerprint density at radius 2 is 1.81 bits per heavy atom. The Kier molecular flexibility index (Phi) is 4.79. The summed E-state index contributed by atoms with van der Waals surface area (Å²) in [5.74, 6) is -0.626. The molecule has 1 N–H and O–H groups in total. The van der Waals surface area contributed by atoms with Crippen LogP contribution in [0.3, 0.4) is 0 Å². The van der Waals surface area contributed by atoms with Crippen LogP contribution in [0.15, 0.2) is 16.6 Å². The van der Waals surface area contributed by atoms with Crippen molar-refractivity contribution >= 4 is 15.9 Å². The van der Waals surface area contributed by atoms with Crippen LogP contribution in [0.25, 0.3) is 0 Å². The lowest BCUT2D eigenvalue weighted by Crippen LogP contribution is -2.39. The van der Waals surface area contributed by atoms with E-state index in [0.717, 1.165) is 12.8 Å². The molecule has 1 aromatic carbocycles. The Bertz CT molecular complexity index is 514. The van der Waals surface area contributed by atoms with Crippen LogP contribution in [0.1, 0.15) is 52.0 Å². The van der Waals surface area contributed by atoms with Gasteiger partial charge in [0.25, 0.3) is 0 Å². The van der Waals surface area contributed by atoms with E-state index in [0.29, 0.717) is 18.8 Å². The third-order valence-corrected chi connectivity index (χ3v) is 5.40. The van der Waals surface area contributed by atoms with Crippen molar-refractivity contribution in [1.82, 2.24) is 0 Å². The van der Waals surface area contributed by atoms with Gasteiger partial charge in [-0.05, 0) is 65.1 Å². The first-order chi connectivity index (χ1) is 9.62. The summed E-state index contributed by atoms with van der Waals surface area (Å²) in [6.45, 7) is 6.61. The van der Waals surface area contributed by atoms with Gasteiger partial charge in [0.1, 0.15) is 11.6 Å². The van der Waals surface area contributed by atoms with Gasteiger partial charge in [0, 0.05) is 12.0 Å². The number of halogens is 3. The third-order valence-electron chi connectivity index (χ3n) is 4.79. The molecule has 1 nitrogen and oxygen atoms in total. The molecule has 0 amide bonds. The zero-order valence-corrected chi connectivity index (χ0v) is 14.4. The van der Waals surface area contributed by atoms with Gasteiger partial charge in [-0.15, -0.1) is 0 Å². The van der Waals surface area contributed by atoms with Gasteiger partial charge < -0.3 is 5.11 Å². The van der Waals surface area contributed by atoms with Crippen molar-refractivity contribution in [3.05, 3.63) is 33.8 Å². The molecule has 1 aliphatic rings. The normalized spacial score (nSPS) is 26.9. The van der Waals surface area contributed by atoms with E-state index in [1.165, 1.54) is 12.1 Å².